The van der Waals surface area contributed by atoms with Crippen LogP contribution in [0.25, 0.3) is 12.2 Å². The molecular formula is C28H31NS. The van der Waals surface area contributed by atoms with Gasteiger partial charge in [0.15, 0.2) is 0 Å². The maximum atomic E-state index is 3.75. The molecule has 0 spiro atoms. The quantitative estimate of drug-likeness (QED) is 0.217. The van der Waals surface area contributed by atoms with Crippen molar-refractivity contribution < 1.29 is 0 Å². The van der Waals surface area contributed by atoms with E-state index in [1.807, 2.05) is 11.8 Å². The predicted octanol–water partition coefficient (Wildman–Crippen LogP) is 8.97. The van der Waals surface area contributed by atoms with Gasteiger partial charge in [-0.05, 0) is 47.7 Å². The molecule has 3 aromatic carbocycles. The van der Waals surface area contributed by atoms with Crippen LogP contribution >= 0.6 is 11.8 Å². The molecule has 4 rings (SSSR count). The Morgan fingerprint density at radius 1 is 0.733 bits per heavy atom. The fourth-order valence-electron chi connectivity index (χ4n) is 4.03. The minimum Gasteiger partial charge on any atom is -0.353 e. The standard InChI is InChI=1S/C28H31NS/c1-2-3-4-5-6-10-15-24-23(19-18-22-13-8-7-9-14-22)20-21-27-28(24)29-25-16-11-12-17-26(25)30-27/h7-9,11-14,16-21,29H,2-6,10,15H2,1H3. The predicted molar refractivity (Wildman–Crippen MR) is 133 cm³/mol. The Hall–Kier alpha value is -2.45. The zero-order chi connectivity index (χ0) is 20.6. The first-order valence-electron chi connectivity index (χ1n) is 11.3. The molecule has 154 valence electrons. The number of para-hydroxylation sites is 1. The average molecular weight is 414 g/mol. The highest BCUT2D eigenvalue weighted by molar-refractivity contribution is 7.99. The molecule has 0 aromatic heterocycles. The molecule has 0 amide bonds. The van der Waals surface area contributed by atoms with E-state index in [9.17, 15) is 0 Å². The van der Waals surface area contributed by atoms with Crippen molar-refractivity contribution in [3.05, 3.63) is 83.4 Å². The van der Waals surface area contributed by atoms with Crippen LogP contribution in [0.2, 0.25) is 0 Å². The molecule has 3 aromatic rings. The number of benzene rings is 3. The van der Waals surface area contributed by atoms with Crippen LogP contribution in [-0.2, 0) is 6.42 Å². The van der Waals surface area contributed by atoms with E-state index in [4.69, 9.17) is 0 Å². The van der Waals surface area contributed by atoms with Gasteiger partial charge in [0.05, 0.1) is 11.4 Å². The summed E-state index contributed by atoms with van der Waals surface area (Å²) >= 11 is 1.88. The molecule has 0 fully saturated rings. The molecule has 0 atom stereocenters. The van der Waals surface area contributed by atoms with Crippen molar-refractivity contribution in [1.29, 1.82) is 0 Å². The Kier molecular flexibility index (Phi) is 7.31. The summed E-state index contributed by atoms with van der Waals surface area (Å²) in [5.74, 6) is 0. The van der Waals surface area contributed by atoms with Crippen LogP contribution < -0.4 is 5.32 Å². The first kappa shape index (κ1) is 20.8. The van der Waals surface area contributed by atoms with E-state index in [2.05, 4.69) is 91.1 Å². The topological polar surface area (TPSA) is 12.0 Å². The van der Waals surface area contributed by atoms with Crippen LogP contribution in [-0.4, -0.2) is 0 Å². The Morgan fingerprint density at radius 3 is 2.37 bits per heavy atom. The van der Waals surface area contributed by atoms with Crippen LogP contribution in [0.1, 0.15) is 62.1 Å². The lowest BCUT2D eigenvalue weighted by Gasteiger charge is -2.25. The number of hydrogen-bond acceptors (Lipinski definition) is 2. The molecule has 0 radical (unpaired) electrons. The number of unbranched alkanes of at least 4 members (excludes halogenated alkanes) is 5. The summed E-state index contributed by atoms with van der Waals surface area (Å²) in [6.45, 7) is 2.28. The summed E-state index contributed by atoms with van der Waals surface area (Å²) in [7, 11) is 0. The van der Waals surface area contributed by atoms with E-state index >= 15 is 0 Å². The van der Waals surface area contributed by atoms with Crippen LogP contribution in [0.4, 0.5) is 11.4 Å². The number of nitrogens with one attached hydrogen (secondary N) is 1. The van der Waals surface area contributed by atoms with E-state index < -0.39 is 0 Å². The van der Waals surface area contributed by atoms with Gasteiger partial charge in [-0.2, -0.15) is 0 Å². The van der Waals surface area contributed by atoms with Crippen molar-refractivity contribution in [2.45, 2.75) is 61.7 Å². The molecule has 0 saturated heterocycles. The van der Waals surface area contributed by atoms with Crippen LogP contribution in [0.3, 0.4) is 0 Å². The maximum absolute atomic E-state index is 3.75. The molecule has 2 heteroatoms. The molecule has 0 bridgehead atoms. The smallest absolute Gasteiger partial charge is 0.0564 e. The van der Waals surface area contributed by atoms with Crippen molar-refractivity contribution in [2.75, 3.05) is 5.32 Å². The van der Waals surface area contributed by atoms with Crippen LogP contribution in [0.5, 0.6) is 0 Å². The normalized spacial score (nSPS) is 12.4. The molecule has 1 aliphatic rings. The van der Waals surface area contributed by atoms with E-state index in [0.29, 0.717) is 0 Å². The van der Waals surface area contributed by atoms with Crippen molar-refractivity contribution in [3.8, 4) is 0 Å². The Morgan fingerprint density at radius 2 is 1.50 bits per heavy atom. The zero-order valence-corrected chi connectivity index (χ0v) is 18.7. The lowest BCUT2D eigenvalue weighted by molar-refractivity contribution is 0.607. The lowest BCUT2D eigenvalue weighted by Crippen LogP contribution is -2.05. The molecular weight excluding hydrogens is 382 g/mol. The van der Waals surface area contributed by atoms with Crippen LogP contribution in [0.15, 0.2) is 76.5 Å². The van der Waals surface area contributed by atoms with Crippen molar-refractivity contribution >= 4 is 35.3 Å². The third kappa shape index (κ3) is 5.17. The fraction of sp³-hybridized carbons (Fsp3) is 0.286. The van der Waals surface area contributed by atoms with E-state index in [-0.39, 0.29) is 0 Å². The number of fused-ring (bicyclic) bond motifs is 2. The van der Waals surface area contributed by atoms with E-state index in [0.717, 1.165) is 6.42 Å². The number of hydrogen-bond donors (Lipinski definition) is 1. The summed E-state index contributed by atoms with van der Waals surface area (Å²) < 4.78 is 0. The summed E-state index contributed by atoms with van der Waals surface area (Å²) in [6, 6.07) is 23.8. The van der Waals surface area contributed by atoms with Crippen molar-refractivity contribution in [1.82, 2.24) is 0 Å². The summed E-state index contributed by atoms with van der Waals surface area (Å²) in [5.41, 5.74) is 6.56. The Balaban J connectivity index is 1.58. The van der Waals surface area contributed by atoms with Gasteiger partial charge in [0.2, 0.25) is 0 Å². The molecule has 1 N–H and O–H groups in total. The van der Waals surface area contributed by atoms with Gasteiger partial charge >= 0.3 is 0 Å². The molecule has 1 aliphatic heterocycles. The lowest BCUT2D eigenvalue weighted by atomic mass is 9.97. The van der Waals surface area contributed by atoms with Gasteiger partial charge in [-0.1, -0.05) is 111 Å². The van der Waals surface area contributed by atoms with Gasteiger partial charge < -0.3 is 5.32 Å². The number of rotatable bonds is 9. The monoisotopic (exact) mass is 413 g/mol. The van der Waals surface area contributed by atoms with Crippen LogP contribution in [0, 0.1) is 0 Å². The summed E-state index contributed by atoms with van der Waals surface area (Å²) in [5, 5.41) is 3.75. The SMILES string of the molecule is CCCCCCCCc1c(C=Cc2ccccc2)ccc2c1Nc1ccccc1S2. The summed E-state index contributed by atoms with van der Waals surface area (Å²) in [4.78, 5) is 2.65. The van der Waals surface area contributed by atoms with Gasteiger partial charge in [0, 0.05) is 9.79 Å². The molecule has 0 unspecified atom stereocenters. The zero-order valence-electron chi connectivity index (χ0n) is 17.9. The third-order valence-corrected chi connectivity index (χ3v) is 6.85. The Bertz CT molecular complexity index is 991. The number of anilines is 2. The average Bonchev–Trinajstić information content (AvgIpc) is 2.80. The van der Waals surface area contributed by atoms with E-state index in [1.54, 1.807) is 0 Å². The second kappa shape index (κ2) is 10.5. The summed E-state index contributed by atoms with van der Waals surface area (Å²) in [6.07, 6.45) is 13.6. The molecule has 0 saturated carbocycles. The van der Waals surface area contributed by atoms with Crippen molar-refractivity contribution in [3.63, 3.8) is 0 Å². The Labute approximate surface area is 185 Å². The largest absolute Gasteiger partial charge is 0.353 e. The first-order chi connectivity index (χ1) is 14.8. The van der Waals surface area contributed by atoms with Gasteiger partial charge in [0.1, 0.15) is 0 Å². The highest BCUT2D eigenvalue weighted by Gasteiger charge is 2.19. The van der Waals surface area contributed by atoms with Gasteiger partial charge in [-0.25, -0.2) is 0 Å². The second-order valence-electron chi connectivity index (χ2n) is 7.99. The molecule has 1 nitrogen and oxygen atoms in total. The molecule has 0 aliphatic carbocycles. The molecule has 30 heavy (non-hydrogen) atoms. The highest BCUT2D eigenvalue weighted by atomic mass is 32.2. The molecule has 1 heterocycles. The fourth-order valence-corrected chi connectivity index (χ4v) is 5.06. The minimum atomic E-state index is 1.12. The van der Waals surface area contributed by atoms with Crippen molar-refractivity contribution in [2.24, 2.45) is 0 Å². The van der Waals surface area contributed by atoms with Gasteiger partial charge in [-0.3, -0.25) is 0 Å². The minimum absolute atomic E-state index is 1.12. The highest BCUT2D eigenvalue weighted by Crippen LogP contribution is 2.46. The van der Waals surface area contributed by atoms with E-state index in [1.165, 1.54) is 76.4 Å². The van der Waals surface area contributed by atoms with Gasteiger partial charge in [-0.15, -0.1) is 0 Å². The third-order valence-electron chi connectivity index (χ3n) is 5.71. The van der Waals surface area contributed by atoms with Gasteiger partial charge in [0.25, 0.3) is 0 Å². The first-order valence-corrected chi connectivity index (χ1v) is 12.1. The second-order valence-corrected chi connectivity index (χ2v) is 9.08. The maximum Gasteiger partial charge on any atom is 0.0564 e.